The Labute approximate surface area is 177 Å². The molecule has 148 valence electrons. The molecule has 1 aromatic heterocycles. The van der Waals surface area contributed by atoms with E-state index < -0.39 is 0 Å². The number of nitrogens with one attached hydrogen (secondary N) is 1. The van der Waals surface area contributed by atoms with Crippen LogP contribution in [0.25, 0.3) is 0 Å². The third-order valence-electron chi connectivity index (χ3n) is 4.69. The maximum absolute atomic E-state index is 12.8. The first-order valence-electron chi connectivity index (χ1n) is 9.03. The van der Waals surface area contributed by atoms with Gasteiger partial charge in [-0.25, -0.2) is 5.01 Å². The third kappa shape index (κ3) is 4.18. The fourth-order valence-electron chi connectivity index (χ4n) is 3.27. The highest BCUT2D eigenvalue weighted by Crippen LogP contribution is 2.41. The van der Waals surface area contributed by atoms with Crippen LogP contribution in [-0.2, 0) is 9.53 Å². The molecule has 1 N–H and O–H groups in total. The number of rotatable bonds is 4. The Bertz CT molecular complexity index is 911. The van der Waals surface area contributed by atoms with Gasteiger partial charge < -0.3 is 4.74 Å². The number of anilines is 1. The molecule has 6 nitrogen and oxygen atoms in total. The van der Waals surface area contributed by atoms with Crippen molar-refractivity contribution in [3.8, 4) is 0 Å². The molecule has 3 heterocycles. The largest absolute Gasteiger partial charge is 0.379 e. The summed E-state index contributed by atoms with van der Waals surface area (Å²) in [6.07, 6.45) is 0.509. The molecule has 0 bridgehead atoms. The van der Waals surface area contributed by atoms with Gasteiger partial charge in [-0.3, -0.25) is 15.2 Å². The van der Waals surface area contributed by atoms with Crippen LogP contribution in [0.1, 0.15) is 22.2 Å². The summed E-state index contributed by atoms with van der Waals surface area (Å²) in [6.45, 7) is 4.61. The average Bonchev–Trinajstić information content (AvgIpc) is 3.29. The van der Waals surface area contributed by atoms with Crippen molar-refractivity contribution in [2.45, 2.75) is 19.4 Å². The zero-order chi connectivity index (χ0) is 19.7. The predicted octanol–water partition coefficient (Wildman–Crippen LogP) is 4.03. The lowest BCUT2D eigenvalue weighted by molar-refractivity contribution is -0.121. The van der Waals surface area contributed by atoms with Gasteiger partial charge in [-0.05, 0) is 37.3 Å². The van der Waals surface area contributed by atoms with Gasteiger partial charge >= 0.3 is 0 Å². The van der Waals surface area contributed by atoms with Crippen molar-refractivity contribution in [1.29, 1.82) is 0 Å². The van der Waals surface area contributed by atoms with Crippen molar-refractivity contribution in [3.05, 3.63) is 50.1 Å². The van der Waals surface area contributed by atoms with Crippen LogP contribution in [0.5, 0.6) is 0 Å². The number of morpholine rings is 1. The first kappa shape index (κ1) is 19.7. The van der Waals surface area contributed by atoms with Crippen LogP contribution >= 0.6 is 34.5 Å². The maximum atomic E-state index is 12.8. The highest BCUT2D eigenvalue weighted by atomic mass is 35.5. The van der Waals surface area contributed by atoms with Gasteiger partial charge in [0.25, 0.3) is 5.91 Å². The Balaban J connectivity index is 1.61. The molecule has 1 fully saturated rings. The van der Waals surface area contributed by atoms with Gasteiger partial charge in [-0.1, -0.05) is 23.2 Å². The number of hydrazine groups is 1. The van der Waals surface area contributed by atoms with Gasteiger partial charge in [-0.15, -0.1) is 11.3 Å². The van der Waals surface area contributed by atoms with Crippen LogP contribution in [-0.4, -0.2) is 42.9 Å². The molecule has 28 heavy (non-hydrogen) atoms. The number of benzene rings is 1. The molecule has 0 spiro atoms. The number of hydrazone groups is 1. The van der Waals surface area contributed by atoms with Crippen LogP contribution < -0.4 is 10.4 Å². The number of aryl methyl sites for hydroxylation is 1. The summed E-state index contributed by atoms with van der Waals surface area (Å²) < 4.78 is 5.33. The minimum absolute atomic E-state index is 0.0807. The number of hydrogen-bond donors (Lipinski definition) is 1. The molecule has 9 heteroatoms. The molecule has 1 aromatic carbocycles. The van der Waals surface area contributed by atoms with Crippen molar-refractivity contribution >= 4 is 51.8 Å². The monoisotopic (exact) mass is 438 g/mol. The molecular formula is C19H20Cl2N4O2S. The lowest BCUT2D eigenvalue weighted by Crippen LogP contribution is -2.50. The van der Waals surface area contributed by atoms with Gasteiger partial charge in [0.15, 0.2) is 0 Å². The van der Waals surface area contributed by atoms with Gasteiger partial charge in [-0.2, -0.15) is 5.10 Å². The van der Waals surface area contributed by atoms with Gasteiger partial charge in [0.05, 0.1) is 30.0 Å². The number of amides is 1. The number of thiophene rings is 1. The van der Waals surface area contributed by atoms with Crippen molar-refractivity contribution < 1.29 is 9.53 Å². The fourth-order valence-corrected chi connectivity index (χ4v) is 4.73. The molecular weight excluding hydrogens is 419 g/mol. The van der Waals surface area contributed by atoms with Crippen molar-refractivity contribution in [2.75, 3.05) is 31.3 Å². The van der Waals surface area contributed by atoms with Gasteiger partial charge in [0, 0.05) is 34.3 Å². The van der Waals surface area contributed by atoms with E-state index in [4.69, 9.17) is 27.9 Å². The maximum Gasteiger partial charge on any atom is 0.281 e. The number of nitrogens with zero attached hydrogens (tertiary/aromatic N) is 3. The first-order valence-corrected chi connectivity index (χ1v) is 10.6. The number of hydrogen-bond acceptors (Lipinski definition) is 6. The highest BCUT2D eigenvalue weighted by molar-refractivity contribution is 7.12. The summed E-state index contributed by atoms with van der Waals surface area (Å²) in [5, 5.41) is 9.41. The van der Waals surface area contributed by atoms with Crippen LogP contribution in [0.3, 0.4) is 0 Å². The molecule has 1 atom stereocenters. The summed E-state index contributed by atoms with van der Waals surface area (Å²) in [5.41, 5.74) is 4.15. The van der Waals surface area contributed by atoms with Crippen molar-refractivity contribution in [2.24, 2.45) is 5.10 Å². The van der Waals surface area contributed by atoms with E-state index in [1.54, 1.807) is 23.5 Å². The third-order valence-corrected chi connectivity index (χ3v) is 6.33. The van der Waals surface area contributed by atoms with Crippen LogP contribution in [0.15, 0.2) is 35.4 Å². The Hall–Kier alpha value is -1.64. The second kappa shape index (κ2) is 8.39. The lowest BCUT2D eigenvalue weighted by Gasteiger charge is -2.26. The normalized spacial score (nSPS) is 20.3. The Morgan fingerprint density at radius 2 is 2.04 bits per heavy atom. The molecule has 0 radical (unpaired) electrons. The molecule has 1 amide bonds. The van der Waals surface area contributed by atoms with Crippen LogP contribution in [0, 0.1) is 6.92 Å². The number of carbonyl (C=O) groups is 1. The van der Waals surface area contributed by atoms with E-state index in [1.165, 1.54) is 4.88 Å². The first-order chi connectivity index (χ1) is 13.5. The van der Waals surface area contributed by atoms with E-state index in [0.717, 1.165) is 10.6 Å². The van der Waals surface area contributed by atoms with Crippen molar-refractivity contribution in [1.82, 2.24) is 10.4 Å². The van der Waals surface area contributed by atoms with E-state index >= 15 is 0 Å². The highest BCUT2D eigenvalue weighted by Gasteiger charge is 2.34. The SMILES string of the molecule is Cc1ccc(C2CC(C(=O)NN3CCOCC3)=NN2c2ccc(Cl)cc2Cl)s1. The number of carbonyl (C=O) groups excluding carboxylic acids is 1. The fraction of sp³-hybridized carbons (Fsp3) is 0.368. The number of halogens is 2. The quantitative estimate of drug-likeness (QED) is 0.782. The topological polar surface area (TPSA) is 57.2 Å². The van der Waals surface area contributed by atoms with Gasteiger partial charge in [0.1, 0.15) is 5.71 Å². The summed E-state index contributed by atoms with van der Waals surface area (Å²) in [4.78, 5) is 15.2. The Kier molecular flexibility index (Phi) is 5.89. The zero-order valence-electron chi connectivity index (χ0n) is 15.3. The molecule has 0 aliphatic carbocycles. The smallest absolute Gasteiger partial charge is 0.281 e. The average molecular weight is 439 g/mol. The number of ether oxygens (including phenoxy) is 1. The molecule has 0 saturated carbocycles. The Morgan fingerprint density at radius 1 is 1.25 bits per heavy atom. The standard InChI is InChI=1S/C19H20Cl2N4O2S/c1-12-2-5-18(28-12)17-11-15(19(26)23-24-6-8-27-9-7-24)22-25(17)16-4-3-13(20)10-14(16)21/h2-5,10,17H,6-9,11H2,1H3,(H,23,26). The zero-order valence-corrected chi connectivity index (χ0v) is 17.7. The summed E-state index contributed by atoms with van der Waals surface area (Å²) in [5.74, 6) is -0.187. The molecule has 2 aliphatic rings. The van der Waals surface area contributed by atoms with E-state index in [2.05, 4.69) is 29.6 Å². The minimum Gasteiger partial charge on any atom is -0.379 e. The summed E-state index contributed by atoms with van der Waals surface area (Å²) in [7, 11) is 0. The molecule has 1 saturated heterocycles. The summed E-state index contributed by atoms with van der Waals surface area (Å²) >= 11 is 14.2. The van der Waals surface area contributed by atoms with Crippen molar-refractivity contribution in [3.63, 3.8) is 0 Å². The lowest BCUT2D eigenvalue weighted by atomic mass is 10.1. The van der Waals surface area contributed by atoms with Crippen LogP contribution in [0.4, 0.5) is 5.69 Å². The Morgan fingerprint density at radius 3 is 2.71 bits per heavy atom. The second-order valence-electron chi connectivity index (χ2n) is 6.70. The molecule has 4 rings (SSSR count). The van der Waals surface area contributed by atoms with E-state index in [9.17, 15) is 4.79 Å². The molecule has 1 unspecified atom stereocenters. The minimum atomic E-state index is -0.187. The summed E-state index contributed by atoms with van der Waals surface area (Å²) in [6, 6.07) is 9.39. The molecule has 2 aromatic rings. The van der Waals surface area contributed by atoms with E-state index in [0.29, 0.717) is 48.5 Å². The van der Waals surface area contributed by atoms with E-state index in [1.807, 2.05) is 16.1 Å². The predicted molar refractivity (Wildman–Crippen MR) is 113 cm³/mol. The van der Waals surface area contributed by atoms with Gasteiger partial charge in [0.2, 0.25) is 0 Å². The van der Waals surface area contributed by atoms with Crippen LogP contribution in [0.2, 0.25) is 10.0 Å². The molecule has 2 aliphatic heterocycles. The van der Waals surface area contributed by atoms with E-state index in [-0.39, 0.29) is 11.9 Å². The second-order valence-corrected chi connectivity index (χ2v) is 8.86.